The summed E-state index contributed by atoms with van der Waals surface area (Å²) >= 11 is 0. The van der Waals surface area contributed by atoms with Gasteiger partial charge in [-0.25, -0.2) is 0 Å². The maximum absolute atomic E-state index is 11.8. The second-order valence-corrected chi connectivity index (χ2v) is 4.56. The van der Waals surface area contributed by atoms with Crippen molar-refractivity contribution in [3.05, 3.63) is 35.9 Å². The topological polar surface area (TPSA) is 47.6 Å². The molecule has 0 aromatic heterocycles. The molecule has 2 rings (SSSR count). The van der Waals surface area contributed by atoms with Crippen LogP contribution in [0.4, 0.5) is 0 Å². The summed E-state index contributed by atoms with van der Waals surface area (Å²) in [7, 11) is 0. The Kier molecular flexibility index (Phi) is 4.33. The van der Waals surface area contributed by atoms with Crippen molar-refractivity contribution in [3.63, 3.8) is 0 Å². The zero-order valence-electron chi connectivity index (χ0n) is 10.6. The molecule has 1 heterocycles. The van der Waals surface area contributed by atoms with Crippen LogP contribution in [0.2, 0.25) is 0 Å². The Morgan fingerprint density at radius 1 is 1.28 bits per heavy atom. The molecule has 0 unspecified atom stereocenters. The van der Waals surface area contributed by atoms with Crippen LogP contribution in [0.15, 0.2) is 30.3 Å². The van der Waals surface area contributed by atoms with Crippen molar-refractivity contribution in [2.45, 2.75) is 25.6 Å². The first-order valence-electron chi connectivity index (χ1n) is 6.31. The van der Waals surface area contributed by atoms with Gasteiger partial charge in [-0.1, -0.05) is 18.2 Å². The van der Waals surface area contributed by atoms with Crippen LogP contribution in [0.5, 0.6) is 0 Å². The summed E-state index contributed by atoms with van der Waals surface area (Å²) in [6.45, 7) is 3.91. The minimum Gasteiger partial charge on any atom is -0.352 e. The summed E-state index contributed by atoms with van der Waals surface area (Å²) in [5.74, 6) is -0.614. The molecule has 98 valence electrons. The number of nitrogens with one attached hydrogen (secondary N) is 1. The molecule has 1 N–H and O–H groups in total. The molecule has 1 fully saturated rings. The molecule has 18 heavy (non-hydrogen) atoms. The van der Waals surface area contributed by atoms with Gasteiger partial charge in [-0.3, -0.25) is 4.79 Å². The van der Waals surface area contributed by atoms with E-state index in [1.54, 1.807) is 12.1 Å². The molecule has 4 heteroatoms. The van der Waals surface area contributed by atoms with Crippen LogP contribution in [-0.2, 0) is 9.47 Å². The zero-order valence-corrected chi connectivity index (χ0v) is 10.6. The van der Waals surface area contributed by atoms with Gasteiger partial charge >= 0.3 is 0 Å². The molecule has 1 aliphatic rings. The second-order valence-electron chi connectivity index (χ2n) is 4.56. The van der Waals surface area contributed by atoms with Crippen LogP contribution in [0, 0.1) is 0 Å². The van der Waals surface area contributed by atoms with Gasteiger partial charge in [0.15, 0.2) is 5.79 Å². The molecule has 0 aliphatic carbocycles. The minimum absolute atomic E-state index is 0.0602. The van der Waals surface area contributed by atoms with E-state index in [2.05, 4.69) is 5.32 Å². The Balaban J connectivity index is 1.77. The SMILES string of the molecule is CC1(CCNC(=O)c2ccccc2)OCCCO1. The summed E-state index contributed by atoms with van der Waals surface area (Å²) in [5, 5.41) is 2.87. The van der Waals surface area contributed by atoms with Gasteiger partial charge in [0.05, 0.1) is 13.2 Å². The monoisotopic (exact) mass is 249 g/mol. The van der Waals surface area contributed by atoms with E-state index in [0.29, 0.717) is 18.5 Å². The van der Waals surface area contributed by atoms with Gasteiger partial charge in [0.1, 0.15) is 0 Å². The molecular weight excluding hydrogens is 230 g/mol. The van der Waals surface area contributed by atoms with Crippen molar-refractivity contribution >= 4 is 5.91 Å². The van der Waals surface area contributed by atoms with Crippen LogP contribution < -0.4 is 5.32 Å². The Morgan fingerprint density at radius 2 is 1.94 bits per heavy atom. The van der Waals surface area contributed by atoms with E-state index < -0.39 is 5.79 Å². The molecular formula is C14H19NO3. The van der Waals surface area contributed by atoms with Gasteiger partial charge < -0.3 is 14.8 Å². The van der Waals surface area contributed by atoms with Crippen molar-refractivity contribution < 1.29 is 14.3 Å². The van der Waals surface area contributed by atoms with E-state index in [1.165, 1.54) is 0 Å². The van der Waals surface area contributed by atoms with Crippen molar-refractivity contribution in [3.8, 4) is 0 Å². The quantitative estimate of drug-likeness (QED) is 0.887. The normalized spacial score (nSPS) is 18.3. The first-order chi connectivity index (χ1) is 8.70. The van der Waals surface area contributed by atoms with E-state index in [0.717, 1.165) is 19.6 Å². The number of hydrogen-bond donors (Lipinski definition) is 1. The molecule has 1 saturated heterocycles. The molecule has 1 aromatic carbocycles. The number of ether oxygens (including phenoxy) is 2. The fourth-order valence-corrected chi connectivity index (χ4v) is 1.92. The van der Waals surface area contributed by atoms with Crippen LogP contribution in [0.3, 0.4) is 0 Å². The van der Waals surface area contributed by atoms with Gasteiger partial charge in [0.2, 0.25) is 0 Å². The lowest BCUT2D eigenvalue weighted by molar-refractivity contribution is -0.257. The molecule has 1 aliphatic heterocycles. The maximum atomic E-state index is 11.8. The lowest BCUT2D eigenvalue weighted by Crippen LogP contribution is -2.40. The second kappa shape index (κ2) is 5.98. The van der Waals surface area contributed by atoms with Gasteiger partial charge in [0, 0.05) is 18.5 Å². The Labute approximate surface area is 107 Å². The molecule has 1 aromatic rings. The van der Waals surface area contributed by atoms with E-state index >= 15 is 0 Å². The lowest BCUT2D eigenvalue weighted by Gasteiger charge is -2.33. The first-order valence-corrected chi connectivity index (χ1v) is 6.31. The van der Waals surface area contributed by atoms with Gasteiger partial charge in [0.25, 0.3) is 5.91 Å². The number of rotatable bonds is 4. The van der Waals surface area contributed by atoms with Gasteiger partial charge in [-0.05, 0) is 25.5 Å². The van der Waals surface area contributed by atoms with E-state index in [9.17, 15) is 4.79 Å². The number of carbonyl (C=O) groups is 1. The van der Waals surface area contributed by atoms with Crippen molar-refractivity contribution in [1.82, 2.24) is 5.32 Å². The molecule has 4 nitrogen and oxygen atoms in total. The summed E-state index contributed by atoms with van der Waals surface area (Å²) in [5.41, 5.74) is 0.674. The zero-order chi connectivity index (χ0) is 12.8. The van der Waals surface area contributed by atoms with E-state index in [4.69, 9.17) is 9.47 Å². The van der Waals surface area contributed by atoms with Crippen molar-refractivity contribution in [1.29, 1.82) is 0 Å². The number of hydrogen-bond acceptors (Lipinski definition) is 3. The molecule has 0 atom stereocenters. The number of benzene rings is 1. The van der Waals surface area contributed by atoms with Crippen LogP contribution in [0.25, 0.3) is 0 Å². The predicted molar refractivity (Wildman–Crippen MR) is 68.3 cm³/mol. The smallest absolute Gasteiger partial charge is 0.251 e. The molecule has 0 saturated carbocycles. The highest BCUT2D eigenvalue weighted by molar-refractivity contribution is 5.94. The van der Waals surface area contributed by atoms with E-state index in [1.807, 2.05) is 25.1 Å². The predicted octanol–water partition coefficient (Wildman–Crippen LogP) is 1.96. The van der Waals surface area contributed by atoms with Gasteiger partial charge in [-0.2, -0.15) is 0 Å². The average Bonchev–Trinajstić information content (AvgIpc) is 2.40. The molecule has 1 amide bonds. The summed E-state index contributed by atoms with van der Waals surface area (Å²) in [6.07, 6.45) is 1.59. The Hall–Kier alpha value is -1.39. The highest BCUT2D eigenvalue weighted by Gasteiger charge is 2.28. The fourth-order valence-electron chi connectivity index (χ4n) is 1.92. The van der Waals surface area contributed by atoms with Crippen LogP contribution >= 0.6 is 0 Å². The Bertz CT molecular complexity index is 385. The highest BCUT2D eigenvalue weighted by Crippen LogP contribution is 2.21. The maximum Gasteiger partial charge on any atom is 0.251 e. The third-order valence-electron chi connectivity index (χ3n) is 3.00. The Morgan fingerprint density at radius 3 is 2.61 bits per heavy atom. The molecule has 0 radical (unpaired) electrons. The van der Waals surface area contributed by atoms with Crippen molar-refractivity contribution in [2.75, 3.05) is 19.8 Å². The summed E-state index contributed by atoms with van der Waals surface area (Å²) in [6, 6.07) is 9.18. The largest absolute Gasteiger partial charge is 0.352 e. The standard InChI is InChI=1S/C14H19NO3/c1-14(17-10-5-11-18-14)8-9-15-13(16)12-6-3-2-4-7-12/h2-4,6-7H,5,8-11H2,1H3,(H,15,16). The van der Waals surface area contributed by atoms with Crippen LogP contribution in [0.1, 0.15) is 30.1 Å². The third kappa shape index (κ3) is 3.55. The van der Waals surface area contributed by atoms with Gasteiger partial charge in [-0.15, -0.1) is 0 Å². The third-order valence-corrected chi connectivity index (χ3v) is 3.00. The number of amides is 1. The number of carbonyl (C=O) groups excluding carboxylic acids is 1. The molecule has 0 bridgehead atoms. The minimum atomic E-state index is -0.553. The van der Waals surface area contributed by atoms with Crippen molar-refractivity contribution in [2.24, 2.45) is 0 Å². The first kappa shape index (κ1) is 13.1. The lowest BCUT2D eigenvalue weighted by atomic mass is 10.2. The van der Waals surface area contributed by atoms with E-state index in [-0.39, 0.29) is 5.91 Å². The average molecular weight is 249 g/mol. The van der Waals surface area contributed by atoms with Crippen LogP contribution in [-0.4, -0.2) is 31.5 Å². The highest BCUT2D eigenvalue weighted by atomic mass is 16.7. The molecule has 0 spiro atoms. The fraction of sp³-hybridized carbons (Fsp3) is 0.500. The summed E-state index contributed by atoms with van der Waals surface area (Å²) < 4.78 is 11.2. The summed E-state index contributed by atoms with van der Waals surface area (Å²) in [4.78, 5) is 11.8.